The molecule has 0 spiro atoms. The molecule has 0 aromatic rings. The van der Waals surface area contributed by atoms with Gasteiger partial charge in [0.15, 0.2) is 0 Å². The van der Waals surface area contributed by atoms with Crippen LogP contribution in [0.5, 0.6) is 0 Å². The zero-order valence-electron chi connectivity index (χ0n) is 13.1. The second kappa shape index (κ2) is 8.32. The maximum atomic E-state index is 11.1. The summed E-state index contributed by atoms with van der Waals surface area (Å²) >= 11 is 0. The van der Waals surface area contributed by atoms with Crippen molar-refractivity contribution < 1.29 is 13.5 Å². The van der Waals surface area contributed by atoms with Gasteiger partial charge in [0, 0.05) is 19.3 Å². The highest BCUT2D eigenvalue weighted by molar-refractivity contribution is 7.90. The Hall–Kier alpha value is -0.170. The van der Waals surface area contributed by atoms with Crippen LogP contribution in [0.4, 0.5) is 0 Å². The topological polar surface area (TPSA) is 60.9 Å². The number of aliphatic hydroxyl groups excluding tert-OH is 1. The van der Waals surface area contributed by atoms with Crippen molar-refractivity contribution in [2.24, 2.45) is 5.92 Å². The van der Waals surface area contributed by atoms with Crippen molar-refractivity contribution in [2.75, 3.05) is 51.8 Å². The smallest absolute Gasteiger partial charge is 0.147 e. The molecule has 120 valence electrons. The summed E-state index contributed by atoms with van der Waals surface area (Å²) in [4.78, 5) is 4.57. The molecule has 6 heteroatoms. The van der Waals surface area contributed by atoms with E-state index in [-0.39, 0.29) is 11.9 Å². The van der Waals surface area contributed by atoms with Crippen molar-refractivity contribution in [2.45, 2.75) is 32.3 Å². The van der Waals surface area contributed by atoms with Gasteiger partial charge in [-0.25, -0.2) is 8.42 Å². The Labute approximate surface area is 123 Å². The van der Waals surface area contributed by atoms with Crippen LogP contribution < -0.4 is 0 Å². The summed E-state index contributed by atoms with van der Waals surface area (Å²) in [6.45, 7) is 6.63. The monoisotopic (exact) mass is 306 g/mol. The number of rotatable bonds is 8. The van der Waals surface area contributed by atoms with Crippen LogP contribution in [0.3, 0.4) is 0 Å². The molecule has 1 saturated heterocycles. The Morgan fingerprint density at radius 3 is 2.45 bits per heavy atom. The molecule has 5 nitrogen and oxygen atoms in total. The van der Waals surface area contributed by atoms with Gasteiger partial charge >= 0.3 is 0 Å². The van der Waals surface area contributed by atoms with Gasteiger partial charge in [-0.05, 0) is 58.8 Å². The molecule has 1 N–H and O–H groups in total. The minimum Gasteiger partial charge on any atom is -0.392 e. The molecule has 0 aliphatic carbocycles. The fourth-order valence-electron chi connectivity index (χ4n) is 2.85. The molecule has 1 atom stereocenters. The van der Waals surface area contributed by atoms with Gasteiger partial charge in [-0.1, -0.05) is 0 Å². The van der Waals surface area contributed by atoms with Crippen LogP contribution in [0.15, 0.2) is 0 Å². The van der Waals surface area contributed by atoms with Crippen molar-refractivity contribution in [3.63, 3.8) is 0 Å². The van der Waals surface area contributed by atoms with Gasteiger partial charge in [-0.2, -0.15) is 0 Å². The standard InChI is InChI=1S/C14H30N2O3S/c1-13(17)11-16-8-5-14(6-9-16)12-15(2)7-4-10-20(3,18)19/h13-14,17H,4-12H2,1-3H3/t13-/m1/s1. The number of hydrogen-bond donors (Lipinski definition) is 1. The highest BCUT2D eigenvalue weighted by atomic mass is 32.2. The van der Waals surface area contributed by atoms with Crippen LogP contribution in [-0.4, -0.2) is 81.2 Å². The van der Waals surface area contributed by atoms with E-state index in [1.165, 1.54) is 19.1 Å². The van der Waals surface area contributed by atoms with E-state index in [2.05, 4.69) is 16.8 Å². The highest BCUT2D eigenvalue weighted by Crippen LogP contribution is 2.18. The number of hydrogen-bond acceptors (Lipinski definition) is 5. The molecule has 0 amide bonds. The second-order valence-electron chi connectivity index (χ2n) is 6.34. The highest BCUT2D eigenvalue weighted by Gasteiger charge is 2.21. The summed E-state index contributed by atoms with van der Waals surface area (Å²) in [6.07, 6.45) is 4.11. The molecule has 1 fully saturated rings. The molecular weight excluding hydrogens is 276 g/mol. The molecule has 0 aromatic heterocycles. The predicted molar refractivity (Wildman–Crippen MR) is 82.7 cm³/mol. The minimum absolute atomic E-state index is 0.245. The van der Waals surface area contributed by atoms with Gasteiger partial charge in [0.25, 0.3) is 0 Å². The third kappa shape index (κ3) is 8.19. The van der Waals surface area contributed by atoms with Crippen LogP contribution in [0, 0.1) is 5.92 Å². The molecule has 1 rings (SSSR count). The zero-order valence-corrected chi connectivity index (χ0v) is 13.9. The fourth-order valence-corrected chi connectivity index (χ4v) is 3.51. The Morgan fingerprint density at radius 2 is 1.95 bits per heavy atom. The van der Waals surface area contributed by atoms with E-state index in [0.717, 1.165) is 39.1 Å². The average Bonchev–Trinajstić information content (AvgIpc) is 2.29. The van der Waals surface area contributed by atoms with E-state index in [0.29, 0.717) is 5.92 Å². The summed E-state index contributed by atoms with van der Waals surface area (Å²) in [5.74, 6) is 0.980. The van der Waals surface area contributed by atoms with Crippen LogP contribution in [0.2, 0.25) is 0 Å². The maximum absolute atomic E-state index is 11.1. The summed E-state index contributed by atoms with van der Waals surface area (Å²) < 4.78 is 22.2. The van der Waals surface area contributed by atoms with Crippen LogP contribution in [-0.2, 0) is 9.84 Å². The Bertz CT molecular complexity index is 363. The van der Waals surface area contributed by atoms with E-state index in [1.807, 2.05) is 6.92 Å². The number of aliphatic hydroxyl groups is 1. The number of β-amino-alcohol motifs (C(OH)–C–C–N with tert-alkyl or cyclic N) is 1. The third-order valence-electron chi connectivity index (χ3n) is 3.85. The van der Waals surface area contributed by atoms with E-state index in [4.69, 9.17) is 0 Å². The number of piperidine rings is 1. The van der Waals surface area contributed by atoms with Gasteiger partial charge in [-0.3, -0.25) is 0 Å². The Kier molecular flexibility index (Phi) is 7.43. The molecule has 0 aromatic carbocycles. The average molecular weight is 306 g/mol. The second-order valence-corrected chi connectivity index (χ2v) is 8.60. The molecule has 1 aliphatic rings. The van der Waals surface area contributed by atoms with Crippen LogP contribution in [0.25, 0.3) is 0 Å². The molecule has 1 aliphatic heterocycles. The van der Waals surface area contributed by atoms with Crippen LogP contribution in [0.1, 0.15) is 26.2 Å². The lowest BCUT2D eigenvalue weighted by Gasteiger charge is -2.34. The van der Waals surface area contributed by atoms with Crippen molar-refractivity contribution in [1.82, 2.24) is 9.80 Å². The van der Waals surface area contributed by atoms with Crippen molar-refractivity contribution >= 4 is 9.84 Å². The molecule has 0 unspecified atom stereocenters. The van der Waals surface area contributed by atoms with Gasteiger partial charge in [-0.15, -0.1) is 0 Å². The third-order valence-corrected chi connectivity index (χ3v) is 4.88. The summed E-state index contributed by atoms with van der Waals surface area (Å²) in [6, 6.07) is 0. The van der Waals surface area contributed by atoms with Gasteiger partial charge in [0.2, 0.25) is 0 Å². The molecular formula is C14H30N2O3S. The molecule has 20 heavy (non-hydrogen) atoms. The van der Waals surface area contributed by atoms with E-state index >= 15 is 0 Å². The minimum atomic E-state index is -2.83. The number of sulfone groups is 1. The Morgan fingerprint density at radius 1 is 1.35 bits per heavy atom. The largest absolute Gasteiger partial charge is 0.392 e. The lowest BCUT2D eigenvalue weighted by molar-refractivity contribution is 0.0926. The molecule has 0 radical (unpaired) electrons. The first kappa shape index (κ1) is 17.9. The predicted octanol–water partition coefficient (Wildman–Crippen LogP) is 0.446. The lowest BCUT2D eigenvalue weighted by atomic mass is 9.96. The summed E-state index contributed by atoms with van der Waals surface area (Å²) in [7, 11) is -0.755. The van der Waals surface area contributed by atoms with E-state index < -0.39 is 9.84 Å². The zero-order chi connectivity index (χ0) is 15.2. The van der Waals surface area contributed by atoms with Crippen LogP contribution >= 0.6 is 0 Å². The van der Waals surface area contributed by atoms with Gasteiger partial charge < -0.3 is 14.9 Å². The number of likely N-dealkylation sites (tertiary alicyclic amines) is 1. The van der Waals surface area contributed by atoms with E-state index in [9.17, 15) is 13.5 Å². The SMILES string of the molecule is C[C@@H](O)CN1CCC(CN(C)CCCS(C)(=O)=O)CC1. The quantitative estimate of drug-likeness (QED) is 0.705. The van der Waals surface area contributed by atoms with Crippen molar-refractivity contribution in [1.29, 1.82) is 0 Å². The van der Waals surface area contributed by atoms with Crippen molar-refractivity contribution in [3.05, 3.63) is 0 Å². The fraction of sp³-hybridized carbons (Fsp3) is 1.00. The van der Waals surface area contributed by atoms with Gasteiger partial charge in [0.1, 0.15) is 9.84 Å². The first-order valence-electron chi connectivity index (χ1n) is 7.53. The molecule has 0 bridgehead atoms. The molecule has 1 heterocycles. The maximum Gasteiger partial charge on any atom is 0.147 e. The Balaban J connectivity index is 2.16. The lowest BCUT2D eigenvalue weighted by Crippen LogP contribution is -2.40. The summed E-state index contributed by atoms with van der Waals surface area (Å²) in [5.41, 5.74) is 0. The van der Waals surface area contributed by atoms with Crippen molar-refractivity contribution in [3.8, 4) is 0 Å². The van der Waals surface area contributed by atoms with Gasteiger partial charge in [0.05, 0.1) is 11.9 Å². The first-order chi connectivity index (χ1) is 9.26. The first-order valence-corrected chi connectivity index (χ1v) is 9.59. The molecule has 0 saturated carbocycles. The number of nitrogens with zero attached hydrogens (tertiary/aromatic N) is 2. The normalized spacial score (nSPS) is 20.4. The summed E-state index contributed by atoms with van der Waals surface area (Å²) in [5, 5.41) is 9.38. The van der Waals surface area contributed by atoms with E-state index in [1.54, 1.807) is 0 Å².